The van der Waals surface area contributed by atoms with Crippen LogP contribution in [0.2, 0.25) is 0 Å². The Labute approximate surface area is 230 Å². The number of anilines is 3. The van der Waals surface area contributed by atoms with Crippen molar-refractivity contribution in [3.05, 3.63) is 41.9 Å². The van der Waals surface area contributed by atoms with Gasteiger partial charge in [0, 0.05) is 63.7 Å². The van der Waals surface area contributed by atoms with E-state index < -0.39 is 5.60 Å². The highest BCUT2D eigenvalue weighted by Crippen LogP contribution is 2.26. The molecule has 1 aliphatic rings. The Morgan fingerprint density at radius 3 is 2.41 bits per heavy atom. The van der Waals surface area contributed by atoms with Gasteiger partial charge in [0.15, 0.2) is 5.82 Å². The van der Waals surface area contributed by atoms with E-state index in [1.807, 2.05) is 52.1 Å². The first-order valence-electron chi connectivity index (χ1n) is 13.4. The lowest BCUT2D eigenvalue weighted by Gasteiger charge is -2.35. The number of piperazine rings is 1. The molecule has 0 unspecified atom stereocenters. The van der Waals surface area contributed by atoms with Crippen LogP contribution in [0.4, 0.5) is 22.4 Å². The fourth-order valence-corrected chi connectivity index (χ4v) is 4.20. The predicted molar refractivity (Wildman–Crippen MR) is 152 cm³/mol. The summed E-state index contributed by atoms with van der Waals surface area (Å²) in [5.74, 6) is 1.80. The molecule has 11 heteroatoms. The number of carbonyl (C=O) groups is 1. The normalized spacial score (nSPS) is 15.4. The summed E-state index contributed by atoms with van der Waals surface area (Å²) >= 11 is 0. The third-order valence-electron chi connectivity index (χ3n) is 6.28. The Balaban J connectivity index is 1.39. The average molecular weight is 537 g/mol. The number of hydrogen-bond acceptors (Lipinski definition) is 10. The van der Waals surface area contributed by atoms with Gasteiger partial charge in [0.05, 0.1) is 11.8 Å². The van der Waals surface area contributed by atoms with E-state index >= 15 is 0 Å². The van der Waals surface area contributed by atoms with Crippen LogP contribution in [0.25, 0.3) is 10.9 Å². The Morgan fingerprint density at radius 2 is 1.79 bits per heavy atom. The molecule has 0 saturated carbocycles. The molecule has 3 aromatic heterocycles. The molecular formula is C28H40N8O3. The second kappa shape index (κ2) is 12.1. The molecule has 0 aliphatic carbocycles. The standard InChI is InChI=1S/C28H40N8O3/c1-18(2)31-25-24-21(14-22(32-25)19(3)38-7)16-30-26(34-24)33-23-9-8-20(15-29-23)17-35-10-12-36(13-11-35)27(37)39-28(4,5)6/h8-9,14-16,18-19H,10-13,17H2,1-7H3,(H,31,32)(H,29,30,33,34)/t19-/m1/s1. The van der Waals surface area contributed by atoms with E-state index in [9.17, 15) is 4.79 Å². The number of rotatable bonds is 8. The van der Waals surface area contributed by atoms with E-state index in [-0.39, 0.29) is 18.2 Å². The number of ether oxygens (including phenoxy) is 2. The molecule has 1 atom stereocenters. The van der Waals surface area contributed by atoms with Crippen molar-refractivity contribution >= 4 is 34.6 Å². The molecule has 4 heterocycles. The van der Waals surface area contributed by atoms with Gasteiger partial charge in [-0.2, -0.15) is 0 Å². The Bertz CT molecular complexity index is 1270. The molecule has 0 spiro atoms. The molecule has 39 heavy (non-hydrogen) atoms. The number of nitrogens with one attached hydrogen (secondary N) is 2. The summed E-state index contributed by atoms with van der Waals surface area (Å²) in [7, 11) is 1.67. The summed E-state index contributed by atoms with van der Waals surface area (Å²) in [6.07, 6.45) is 3.25. The zero-order valence-corrected chi connectivity index (χ0v) is 24.0. The third-order valence-corrected chi connectivity index (χ3v) is 6.28. The van der Waals surface area contributed by atoms with Crippen LogP contribution in [0.1, 0.15) is 58.9 Å². The molecule has 210 valence electrons. The van der Waals surface area contributed by atoms with Gasteiger partial charge in [-0.05, 0) is 59.2 Å². The van der Waals surface area contributed by atoms with Gasteiger partial charge in [0.2, 0.25) is 5.95 Å². The molecule has 4 rings (SSSR count). The SMILES string of the molecule is CO[C@H](C)c1cc2cnc(Nc3ccc(CN4CCN(C(=O)OC(C)(C)C)CC4)cn3)nc2c(NC(C)C)n1. The molecular weight excluding hydrogens is 496 g/mol. The molecule has 0 radical (unpaired) electrons. The monoisotopic (exact) mass is 536 g/mol. The minimum absolute atomic E-state index is 0.142. The smallest absolute Gasteiger partial charge is 0.410 e. The van der Waals surface area contributed by atoms with E-state index in [0.717, 1.165) is 41.8 Å². The largest absolute Gasteiger partial charge is 0.444 e. The highest BCUT2D eigenvalue weighted by Gasteiger charge is 2.26. The summed E-state index contributed by atoms with van der Waals surface area (Å²) in [5.41, 5.74) is 2.17. The Kier molecular flexibility index (Phi) is 8.81. The Hall–Kier alpha value is -3.57. The molecule has 1 amide bonds. The first-order valence-corrected chi connectivity index (χ1v) is 13.4. The van der Waals surface area contributed by atoms with Gasteiger partial charge in [-0.15, -0.1) is 0 Å². The highest BCUT2D eigenvalue weighted by atomic mass is 16.6. The topological polar surface area (TPSA) is 118 Å². The molecule has 3 aromatic rings. The van der Waals surface area contributed by atoms with Crippen molar-refractivity contribution in [2.45, 2.75) is 65.8 Å². The van der Waals surface area contributed by atoms with Crippen LogP contribution in [0.15, 0.2) is 30.6 Å². The van der Waals surface area contributed by atoms with E-state index in [0.29, 0.717) is 30.7 Å². The summed E-state index contributed by atoms with van der Waals surface area (Å²) in [6.45, 7) is 15.4. The number of hydrogen-bond donors (Lipinski definition) is 2. The lowest BCUT2D eigenvalue weighted by Crippen LogP contribution is -2.49. The first-order chi connectivity index (χ1) is 18.5. The van der Waals surface area contributed by atoms with Crippen LogP contribution in [0.3, 0.4) is 0 Å². The second-order valence-corrected chi connectivity index (χ2v) is 11.1. The summed E-state index contributed by atoms with van der Waals surface area (Å²) in [4.78, 5) is 34.9. The minimum atomic E-state index is -0.482. The molecule has 1 aliphatic heterocycles. The zero-order chi connectivity index (χ0) is 28.2. The lowest BCUT2D eigenvalue weighted by molar-refractivity contribution is 0.0139. The van der Waals surface area contributed by atoms with Crippen molar-refractivity contribution in [3.63, 3.8) is 0 Å². The summed E-state index contributed by atoms with van der Waals surface area (Å²) in [6, 6.07) is 6.12. The number of methoxy groups -OCH3 is 1. The number of fused-ring (bicyclic) bond motifs is 1. The second-order valence-electron chi connectivity index (χ2n) is 11.1. The number of nitrogens with zero attached hydrogens (tertiary/aromatic N) is 6. The van der Waals surface area contributed by atoms with Gasteiger partial charge in [-0.3, -0.25) is 4.90 Å². The van der Waals surface area contributed by atoms with Gasteiger partial charge in [0.25, 0.3) is 0 Å². The first kappa shape index (κ1) is 28.4. The van der Waals surface area contributed by atoms with Crippen LogP contribution >= 0.6 is 0 Å². The van der Waals surface area contributed by atoms with Crippen LogP contribution in [-0.2, 0) is 16.0 Å². The van der Waals surface area contributed by atoms with Crippen molar-refractivity contribution in [2.75, 3.05) is 43.9 Å². The average Bonchev–Trinajstić information content (AvgIpc) is 2.88. The van der Waals surface area contributed by atoms with Crippen LogP contribution in [0, 0.1) is 0 Å². The number of amides is 1. The lowest BCUT2D eigenvalue weighted by atomic mass is 10.2. The van der Waals surface area contributed by atoms with Crippen molar-refractivity contribution in [1.82, 2.24) is 29.7 Å². The van der Waals surface area contributed by atoms with Crippen LogP contribution in [-0.4, -0.2) is 80.8 Å². The van der Waals surface area contributed by atoms with Crippen molar-refractivity contribution in [3.8, 4) is 0 Å². The van der Waals surface area contributed by atoms with E-state index in [1.54, 1.807) is 18.2 Å². The fraction of sp³-hybridized carbons (Fsp3) is 0.536. The maximum absolute atomic E-state index is 12.3. The summed E-state index contributed by atoms with van der Waals surface area (Å²) < 4.78 is 10.9. The maximum atomic E-state index is 12.3. The van der Waals surface area contributed by atoms with Crippen molar-refractivity contribution < 1.29 is 14.3 Å². The maximum Gasteiger partial charge on any atom is 0.410 e. The zero-order valence-electron chi connectivity index (χ0n) is 24.0. The molecule has 0 bridgehead atoms. The van der Waals surface area contributed by atoms with Gasteiger partial charge in [-0.25, -0.2) is 24.7 Å². The number of aromatic nitrogens is 4. The van der Waals surface area contributed by atoms with Crippen molar-refractivity contribution in [1.29, 1.82) is 0 Å². The molecule has 2 N–H and O–H groups in total. The van der Waals surface area contributed by atoms with Crippen LogP contribution < -0.4 is 10.6 Å². The fourth-order valence-electron chi connectivity index (χ4n) is 4.20. The van der Waals surface area contributed by atoms with Gasteiger partial charge >= 0.3 is 6.09 Å². The molecule has 1 saturated heterocycles. The number of pyridine rings is 2. The predicted octanol–water partition coefficient (Wildman–Crippen LogP) is 4.74. The summed E-state index contributed by atoms with van der Waals surface area (Å²) in [5, 5.41) is 7.48. The highest BCUT2D eigenvalue weighted by molar-refractivity contribution is 5.89. The van der Waals surface area contributed by atoms with Gasteiger partial charge in [-0.1, -0.05) is 6.07 Å². The molecule has 0 aromatic carbocycles. The number of carbonyl (C=O) groups excluding carboxylic acids is 1. The van der Waals surface area contributed by atoms with Gasteiger partial charge < -0.3 is 25.0 Å². The Morgan fingerprint density at radius 1 is 1.05 bits per heavy atom. The van der Waals surface area contributed by atoms with Gasteiger partial charge in [0.1, 0.15) is 16.9 Å². The molecule has 11 nitrogen and oxygen atoms in total. The third kappa shape index (κ3) is 7.73. The van der Waals surface area contributed by atoms with Crippen LogP contribution in [0.5, 0.6) is 0 Å². The van der Waals surface area contributed by atoms with E-state index in [1.165, 1.54) is 0 Å². The van der Waals surface area contributed by atoms with E-state index in [4.69, 9.17) is 19.4 Å². The van der Waals surface area contributed by atoms with E-state index in [2.05, 4.69) is 39.3 Å². The minimum Gasteiger partial charge on any atom is -0.444 e. The quantitative estimate of drug-likeness (QED) is 0.418. The molecule has 1 fully saturated rings. The van der Waals surface area contributed by atoms with Crippen molar-refractivity contribution in [2.24, 2.45) is 0 Å².